The molecule has 0 N–H and O–H groups in total. The van der Waals surface area contributed by atoms with Crippen LogP contribution in [0.1, 0.15) is 47.5 Å². The van der Waals surface area contributed by atoms with Gasteiger partial charge < -0.3 is 19.6 Å². The predicted molar refractivity (Wildman–Crippen MR) is 124 cm³/mol. The summed E-state index contributed by atoms with van der Waals surface area (Å²) in [5.41, 5.74) is 3.38. The molecule has 0 atom stereocenters. The summed E-state index contributed by atoms with van der Waals surface area (Å²) in [5.74, 6) is 0. The first-order valence-electron chi connectivity index (χ1n) is 10.6. The maximum Gasteiger partial charge on any atom is 0.0854 e. The van der Waals surface area contributed by atoms with Crippen LogP contribution in [0, 0.1) is 0 Å². The molecule has 160 valence electrons. The van der Waals surface area contributed by atoms with Gasteiger partial charge in [-0.15, -0.1) is 0 Å². The van der Waals surface area contributed by atoms with Gasteiger partial charge in [0.1, 0.15) is 0 Å². The molecule has 0 aromatic carbocycles. The Morgan fingerprint density at radius 2 is 1.75 bits per heavy atom. The first-order chi connectivity index (χ1) is 13.1. The summed E-state index contributed by atoms with van der Waals surface area (Å²) in [6.07, 6.45) is 6.21. The zero-order chi connectivity index (χ0) is 21.5. The van der Waals surface area contributed by atoms with Crippen LogP contribution >= 0.6 is 0 Å². The number of likely N-dealkylation sites (N-methyl/N-ethyl adjacent to an activating group) is 2. The first kappa shape index (κ1) is 24.3. The highest BCUT2D eigenvalue weighted by Crippen LogP contribution is 2.32. The highest BCUT2D eigenvalue weighted by atomic mass is 15.2. The van der Waals surface area contributed by atoms with E-state index in [0.717, 1.165) is 31.9 Å². The van der Waals surface area contributed by atoms with E-state index in [-0.39, 0.29) is 5.54 Å². The lowest BCUT2D eigenvalue weighted by Crippen LogP contribution is -2.45. The molecule has 1 aliphatic heterocycles. The number of likely N-dealkylation sites (tertiary alicyclic amines) is 1. The van der Waals surface area contributed by atoms with E-state index in [2.05, 4.69) is 93.5 Å². The molecule has 1 heterocycles. The van der Waals surface area contributed by atoms with Crippen molar-refractivity contribution in [1.82, 2.24) is 19.6 Å². The van der Waals surface area contributed by atoms with Gasteiger partial charge >= 0.3 is 0 Å². The molecule has 0 aromatic rings. The third-order valence-electron chi connectivity index (χ3n) is 6.29. The van der Waals surface area contributed by atoms with E-state index >= 15 is 0 Å². The van der Waals surface area contributed by atoms with Crippen LogP contribution in [0.25, 0.3) is 0 Å². The van der Waals surface area contributed by atoms with Crippen LogP contribution in [0.3, 0.4) is 0 Å². The van der Waals surface area contributed by atoms with Gasteiger partial charge in [0.25, 0.3) is 0 Å². The minimum Gasteiger partial charge on any atom is -0.370 e. The maximum absolute atomic E-state index is 4.53. The van der Waals surface area contributed by atoms with Gasteiger partial charge in [0.2, 0.25) is 0 Å². The Morgan fingerprint density at radius 3 is 2.18 bits per heavy atom. The van der Waals surface area contributed by atoms with E-state index in [1.807, 2.05) is 12.5 Å². The van der Waals surface area contributed by atoms with E-state index in [4.69, 9.17) is 0 Å². The summed E-state index contributed by atoms with van der Waals surface area (Å²) in [6, 6.07) is 0.659. The lowest BCUT2D eigenvalue weighted by Gasteiger charge is -2.43. The highest BCUT2D eigenvalue weighted by Gasteiger charge is 2.31. The lowest BCUT2D eigenvalue weighted by atomic mass is 9.90. The fourth-order valence-corrected chi connectivity index (χ4v) is 3.68. The molecule has 0 aromatic heterocycles. The second kappa shape index (κ2) is 10.7. The third kappa shape index (κ3) is 5.63. The number of aliphatic imine (C=N–C) groups is 1. The van der Waals surface area contributed by atoms with Crippen LogP contribution in [0.2, 0.25) is 0 Å². The SMILES string of the molecule is C=CN(CC)/C(C(=C)N1CCC(N(C)C)CC1)=C(/C)C(C)(C)N(C)C=NCC. The van der Waals surface area contributed by atoms with Crippen LogP contribution in [-0.4, -0.2) is 84.8 Å². The smallest absolute Gasteiger partial charge is 0.0854 e. The molecule has 0 saturated carbocycles. The molecule has 5 heteroatoms. The van der Waals surface area contributed by atoms with Gasteiger partial charge in [-0.3, -0.25) is 4.99 Å². The number of hydrogen-bond donors (Lipinski definition) is 0. The number of nitrogens with zero attached hydrogens (tertiary/aromatic N) is 5. The molecular formula is C23H43N5. The Morgan fingerprint density at radius 1 is 1.18 bits per heavy atom. The van der Waals surface area contributed by atoms with Crippen molar-refractivity contribution < 1.29 is 0 Å². The summed E-state index contributed by atoms with van der Waals surface area (Å²) in [6.45, 7) is 23.3. The molecule has 1 rings (SSSR count). The second-order valence-corrected chi connectivity index (χ2v) is 8.35. The quantitative estimate of drug-likeness (QED) is 0.320. The monoisotopic (exact) mass is 389 g/mol. The predicted octanol–water partition coefficient (Wildman–Crippen LogP) is 4.02. The third-order valence-corrected chi connectivity index (χ3v) is 6.29. The van der Waals surface area contributed by atoms with E-state index in [9.17, 15) is 0 Å². The van der Waals surface area contributed by atoms with Crippen molar-refractivity contribution in [2.75, 3.05) is 47.3 Å². The van der Waals surface area contributed by atoms with Crippen molar-refractivity contribution in [3.8, 4) is 0 Å². The fraction of sp³-hybridized carbons (Fsp3) is 0.696. The zero-order valence-corrected chi connectivity index (χ0v) is 19.6. The van der Waals surface area contributed by atoms with Crippen molar-refractivity contribution in [1.29, 1.82) is 0 Å². The fourth-order valence-electron chi connectivity index (χ4n) is 3.68. The van der Waals surface area contributed by atoms with Gasteiger partial charge in [0.05, 0.1) is 23.3 Å². The van der Waals surface area contributed by atoms with Crippen LogP contribution in [0.4, 0.5) is 0 Å². The van der Waals surface area contributed by atoms with Gasteiger partial charge in [-0.2, -0.15) is 0 Å². The van der Waals surface area contributed by atoms with Gasteiger partial charge in [-0.25, -0.2) is 0 Å². The molecule has 1 fully saturated rings. The molecule has 0 amide bonds. The Labute approximate surface area is 174 Å². The van der Waals surface area contributed by atoms with E-state index in [1.165, 1.54) is 24.1 Å². The van der Waals surface area contributed by atoms with Crippen LogP contribution in [0.15, 0.2) is 41.3 Å². The van der Waals surface area contributed by atoms with Crippen LogP contribution < -0.4 is 0 Å². The molecule has 1 aliphatic rings. The Bertz CT molecular complexity index is 580. The van der Waals surface area contributed by atoms with Gasteiger partial charge in [0.15, 0.2) is 0 Å². The lowest BCUT2D eigenvalue weighted by molar-refractivity contribution is 0.168. The average Bonchev–Trinajstić information content (AvgIpc) is 2.68. The van der Waals surface area contributed by atoms with Gasteiger partial charge in [-0.1, -0.05) is 13.2 Å². The van der Waals surface area contributed by atoms with E-state index < -0.39 is 0 Å². The summed E-state index contributed by atoms with van der Waals surface area (Å²) in [4.78, 5) is 13.6. The number of hydrogen-bond acceptors (Lipinski definition) is 4. The molecule has 0 spiro atoms. The molecule has 0 unspecified atom stereocenters. The standard InChI is InChI=1S/C23H43N5/c1-11-24-18-26(10)23(6,7)19(4)22(27(12-2)13-3)20(5)28-16-14-21(15-17-28)25(8)9/h12,18,21H,2,5,11,13-17H2,1,3-4,6-10H3/b22-19-,24-18?. The molecular weight excluding hydrogens is 346 g/mol. The van der Waals surface area contributed by atoms with Crippen LogP contribution in [-0.2, 0) is 0 Å². The van der Waals surface area contributed by atoms with Crippen molar-refractivity contribution in [2.45, 2.75) is 59.0 Å². The summed E-state index contributed by atoms with van der Waals surface area (Å²) >= 11 is 0. The van der Waals surface area contributed by atoms with Crippen molar-refractivity contribution >= 4 is 6.34 Å². The van der Waals surface area contributed by atoms with E-state index in [1.54, 1.807) is 0 Å². The summed E-state index contributed by atoms with van der Waals surface area (Å²) < 4.78 is 0. The molecule has 0 aliphatic carbocycles. The average molecular weight is 390 g/mol. The Balaban J connectivity index is 3.24. The minimum absolute atomic E-state index is 0.185. The molecule has 0 bridgehead atoms. The zero-order valence-electron chi connectivity index (χ0n) is 19.6. The molecule has 28 heavy (non-hydrogen) atoms. The highest BCUT2D eigenvalue weighted by molar-refractivity contribution is 5.57. The molecule has 0 radical (unpaired) electrons. The summed E-state index contributed by atoms with van der Waals surface area (Å²) in [5, 5.41) is 0. The Kier molecular flexibility index (Phi) is 9.28. The van der Waals surface area contributed by atoms with Crippen molar-refractivity contribution in [2.24, 2.45) is 4.99 Å². The largest absolute Gasteiger partial charge is 0.370 e. The van der Waals surface area contributed by atoms with Crippen molar-refractivity contribution in [3.63, 3.8) is 0 Å². The van der Waals surface area contributed by atoms with E-state index in [0.29, 0.717) is 6.04 Å². The maximum atomic E-state index is 4.53. The first-order valence-corrected chi connectivity index (χ1v) is 10.6. The topological polar surface area (TPSA) is 25.3 Å². The normalized spacial score (nSPS) is 17.1. The van der Waals surface area contributed by atoms with Crippen LogP contribution in [0.5, 0.6) is 0 Å². The number of piperidine rings is 1. The minimum atomic E-state index is -0.185. The molecule has 1 saturated heterocycles. The molecule has 5 nitrogen and oxygen atoms in total. The second-order valence-electron chi connectivity index (χ2n) is 8.35. The van der Waals surface area contributed by atoms with Gasteiger partial charge in [0, 0.05) is 39.3 Å². The van der Waals surface area contributed by atoms with Crippen molar-refractivity contribution in [3.05, 3.63) is 36.3 Å². The Hall–Kier alpha value is -1.75. The van der Waals surface area contributed by atoms with Gasteiger partial charge in [-0.05, 0) is 73.3 Å². The number of rotatable bonds is 10. The summed E-state index contributed by atoms with van der Waals surface area (Å²) in [7, 11) is 6.45.